The summed E-state index contributed by atoms with van der Waals surface area (Å²) >= 11 is 0. The lowest BCUT2D eigenvalue weighted by molar-refractivity contribution is -0.142. The number of benzene rings is 1. The molecular weight excluding hydrogens is 270 g/mol. The molecule has 108 valence electrons. The number of halogens is 2. The summed E-state index contributed by atoms with van der Waals surface area (Å²) in [6, 6.07) is 1.41. The van der Waals surface area contributed by atoms with Crippen LogP contribution in [0.25, 0.3) is 0 Å². The van der Waals surface area contributed by atoms with Gasteiger partial charge in [0.2, 0.25) is 0 Å². The Labute approximate surface area is 114 Å². The van der Waals surface area contributed by atoms with Crippen LogP contribution in [0.4, 0.5) is 19.3 Å². The molecule has 2 unspecified atom stereocenters. The van der Waals surface area contributed by atoms with Crippen LogP contribution in [-0.2, 0) is 4.79 Å². The van der Waals surface area contributed by atoms with Crippen molar-refractivity contribution >= 4 is 17.7 Å². The van der Waals surface area contributed by atoms with Crippen LogP contribution >= 0.6 is 0 Å². The molecule has 1 saturated heterocycles. The maximum absolute atomic E-state index is 13.4. The van der Waals surface area contributed by atoms with Gasteiger partial charge in [-0.05, 0) is 24.5 Å². The van der Waals surface area contributed by atoms with E-state index in [1.807, 2.05) is 0 Å². The molecule has 2 atom stereocenters. The Bertz CT molecular complexity index is 530. The Morgan fingerprint density at radius 1 is 1.35 bits per heavy atom. The number of hydrogen-bond donors (Lipinski definition) is 2. The zero-order chi connectivity index (χ0) is 14.9. The van der Waals surface area contributed by atoms with E-state index in [1.165, 1.54) is 6.07 Å². The van der Waals surface area contributed by atoms with Gasteiger partial charge in [-0.3, -0.25) is 0 Å². The van der Waals surface area contributed by atoms with Crippen molar-refractivity contribution in [3.63, 3.8) is 0 Å². The van der Waals surface area contributed by atoms with Crippen molar-refractivity contribution in [2.24, 2.45) is 5.92 Å². The normalized spacial score (nSPS) is 21.9. The molecule has 1 aromatic rings. The number of carbonyl (C=O) groups is 2. The molecule has 20 heavy (non-hydrogen) atoms. The number of carboxylic acid groups (broad SMARTS) is 1. The maximum atomic E-state index is 13.4. The van der Waals surface area contributed by atoms with Crippen LogP contribution in [-0.4, -0.2) is 34.6 Å². The van der Waals surface area contributed by atoms with E-state index in [0.29, 0.717) is 6.42 Å². The van der Waals surface area contributed by atoms with Gasteiger partial charge in [-0.1, -0.05) is 13.0 Å². The molecule has 0 saturated carbocycles. The minimum Gasteiger partial charge on any atom is -0.480 e. The van der Waals surface area contributed by atoms with Gasteiger partial charge in [0.05, 0.1) is 0 Å². The highest BCUT2D eigenvalue weighted by molar-refractivity contribution is 5.93. The first-order valence-corrected chi connectivity index (χ1v) is 6.16. The summed E-state index contributed by atoms with van der Waals surface area (Å²) < 4.78 is 26.9. The van der Waals surface area contributed by atoms with E-state index >= 15 is 0 Å². The first-order chi connectivity index (χ1) is 9.41. The minimum atomic E-state index is -1.13. The number of likely N-dealkylation sites (tertiary alicyclic amines) is 1. The average Bonchev–Trinajstić information content (AvgIpc) is 2.76. The van der Waals surface area contributed by atoms with Crippen LogP contribution in [0.1, 0.15) is 13.3 Å². The molecule has 1 heterocycles. The topological polar surface area (TPSA) is 69.6 Å². The largest absolute Gasteiger partial charge is 0.480 e. The molecule has 0 aromatic heterocycles. The molecule has 5 nitrogen and oxygen atoms in total. The van der Waals surface area contributed by atoms with Gasteiger partial charge in [0.15, 0.2) is 0 Å². The maximum Gasteiger partial charge on any atom is 0.326 e. The summed E-state index contributed by atoms with van der Waals surface area (Å²) in [6.45, 7) is 1.95. The number of nitrogens with zero attached hydrogens (tertiary/aromatic N) is 1. The quantitative estimate of drug-likeness (QED) is 0.875. The molecule has 0 bridgehead atoms. The number of carboxylic acids is 1. The predicted octanol–water partition coefficient (Wildman–Crippen LogP) is 2.29. The monoisotopic (exact) mass is 284 g/mol. The van der Waals surface area contributed by atoms with Gasteiger partial charge in [0.25, 0.3) is 0 Å². The van der Waals surface area contributed by atoms with Gasteiger partial charge in [-0.25, -0.2) is 18.4 Å². The molecule has 2 amide bonds. The number of rotatable bonds is 2. The van der Waals surface area contributed by atoms with E-state index in [2.05, 4.69) is 5.32 Å². The molecule has 0 aliphatic carbocycles. The SMILES string of the molecule is CC1CCN(C(=O)Nc2c(F)cccc2F)C1C(=O)O. The lowest BCUT2D eigenvalue weighted by Crippen LogP contribution is -2.45. The van der Waals surface area contributed by atoms with Crippen molar-refractivity contribution in [1.82, 2.24) is 4.90 Å². The number of anilines is 1. The van der Waals surface area contributed by atoms with E-state index in [0.717, 1.165) is 17.0 Å². The van der Waals surface area contributed by atoms with Gasteiger partial charge in [-0.2, -0.15) is 0 Å². The number of hydrogen-bond acceptors (Lipinski definition) is 2. The second-order valence-electron chi connectivity index (χ2n) is 4.77. The summed E-state index contributed by atoms with van der Waals surface area (Å²) in [5, 5.41) is 11.2. The molecule has 2 N–H and O–H groups in total. The second kappa shape index (κ2) is 5.44. The van der Waals surface area contributed by atoms with Crippen molar-refractivity contribution in [2.45, 2.75) is 19.4 Å². The molecule has 1 fully saturated rings. The fraction of sp³-hybridized carbons (Fsp3) is 0.385. The number of nitrogens with one attached hydrogen (secondary N) is 1. The molecule has 1 aliphatic rings. The van der Waals surface area contributed by atoms with Crippen LogP contribution in [0.2, 0.25) is 0 Å². The van der Waals surface area contributed by atoms with E-state index < -0.39 is 35.4 Å². The van der Waals surface area contributed by atoms with Gasteiger partial charge < -0.3 is 15.3 Å². The highest BCUT2D eigenvalue weighted by atomic mass is 19.1. The summed E-state index contributed by atoms with van der Waals surface area (Å²) in [6.07, 6.45) is 0.532. The van der Waals surface area contributed by atoms with E-state index in [4.69, 9.17) is 5.11 Å². The highest BCUT2D eigenvalue weighted by Crippen LogP contribution is 2.26. The van der Waals surface area contributed by atoms with Gasteiger partial charge in [0, 0.05) is 6.54 Å². The van der Waals surface area contributed by atoms with Gasteiger partial charge >= 0.3 is 12.0 Å². The number of urea groups is 1. The zero-order valence-electron chi connectivity index (χ0n) is 10.8. The van der Waals surface area contributed by atoms with Crippen molar-refractivity contribution < 1.29 is 23.5 Å². The van der Waals surface area contributed by atoms with Crippen LogP contribution in [0.3, 0.4) is 0 Å². The summed E-state index contributed by atoms with van der Waals surface area (Å²) in [4.78, 5) is 24.2. The minimum absolute atomic E-state index is 0.205. The number of aliphatic carboxylic acids is 1. The molecule has 2 rings (SSSR count). The number of para-hydroxylation sites is 1. The molecule has 1 aromatic carbocycles. The lowest BCUT2D eigenvalue weighted by atomic mass is 10.0. The van der Waals surface area contributed by atoms with Gasteiger partial charge in [0.1, 0.15) is 23.4 Å². The molecule has 0 spiro atoms. The molecular formula is C13H14F2N2O3. The lowest BCUT2D eigenvalue weighted by Gasteiger charge is -2.23. The average molecular weight is 284 g/mol. The van der Waals surface area contributed by atoms with E-state index in [-0.39, 0.29) is 12.5 Å². The van der Waals surface area contributed by atoms with E-state index in [9.17, 15) is 18.4 Å². The van der Waals surface area contributed by atoms with E-state index in [1.54, 1.807) is 6.92 Å². The Morgan fingerprint density at radius 3 is 2.50 bits per heavy atom. The number of carbonyl (C=O) groups excluding carboxylic acids is 1. The summed E-state index contributed by atoms with van der Waals surface area (Å²) in [5.41, 5.74) is -0.568. The molecule has 7 heteroatoms. The first-order valence-electron chi connectivity index (χ1n) is 6.16. The van der Waals surface area contributed by atoms with Crippen LogP contribution in [0.15, 0.2) is 18.2 Å². The number of amides is 2. The third-order valence-corrected chi connectivity index (χ3v) is 3.41. The van der Waals surface area contributed by atoms with Crippen molar-refractivity contribution in [3.05, 3.63) is 29.8 Å². The Morgan fingerprint density at radius 2 is 1.95 bits per heavy atom. The smallest absolute Gasteiger partial charge is 0.326 e. The third-order valence-electron chi connectivity index (χ3n) is 3.41. The Kier molecular flexibility index (Phi) is 3.87. The fourth-order valence-electron chi connectivity index (χ4n) is 2.35. The zero-order valence-corrected chi connectivity index (χ0v) is 10.8. The molecule has 0 radical (unpaired) electrons. The second-order valence-corrected chi connectivity index (χ2v) is 4.77. The highest BCUT2D eigenvalue weighted by Gasteiger charge is 2.39. The fourth-order valence-corrected chi connectivity index (χ4v) is 2.35. The van der Waals surface area contributed by atoms with Crippen LogP contribution in [0, 0.1) is 17.6 Å². The first kappa shape index (κ1) is 14.2. The molecule has 1 aliphatic heterocycles. The van der Waals surface area contributed by atoms with Crippen LogP contribution < -0.4 is 5.32 Å². The Balaban J connectivity index is 2.18. The van der Waals surface area contributed by atoms with Crippen molar-refractivity contribution in [2.75, 3.05) is 11.9 Å². The third kappa shape index (κ3) is 2.56. The predicted molar refractivity (Wildman–Crippen MR) is 67.3 cm³/mol. The summed E-state index contributed by atoms with van der Waals surface area (Å²) in [5.74, 6) is -3.14. The Hall–Kier alpha value is -2.18. The van der Waals surface area contributed by atoms with Crippen molar-refractivity contribution in [1.29, 1.82) is 0 Å². The van der Waals surface area contributed by atoms with Crippen LogP contribution in [0.5, 0.6) is 0 Å². The van der Waals surface area contributed by atoms with Gasteiger partial charge in [-0.15, -0.1) is 0 Å². The summed E-state index contributed by atoms with van der Waals surface area (Å²) in [7, 11) is 0. The standard InChI is InChI=1S/C13H14F2N2O3/c1-7-5-6-17(11(7)12(18)19)13(20)16-10-8(14)3-2-4-9(10)15/h2-4,7,11H,5-6H2,1H3,(H,16,20)(H,18,19). The van der Waals surface area contributed by atoms with Crippen molar-refractivity contribution in [3.8, 4) is 0 Å².